The smallest absolute Gasteiger partial charge is 0.269 e. The van der Waals surface area contributed by atoms with Crippen LogP contribution < -0.4 is 4.74 Å². The van der Waals surface area contributed by atoms with E-state index in [0.717, 1.165) is 11.1 Å². The number of hydrogen-bond donors (Lipinski definition) is 0. The van der Waals surface area contributed by atoms with Crippen LogP contribution in [-0.4, -0.2) is 29.4 Å². The molecule has 0 aliphatic heterocycles. The second-order valence-electron chi connectivity index (χ2n) is 6.19. The summed E-state index contributed by atoms with van der Waals surface area (Å²) in [7, 11) is 1.65. The molecule has 0 saturated heterocycles. The van der Waals surface area contributed by atoms with Crippen molar-refractivity contribution in [3.05, 3.63) is 68.2 Å². The number of ether oxygens (including phenoxy) is 1. The van der Waals surface area contributed by atoms with Gasteiger partial charge >= 0.3 is 0 Å². The van der Waals surface area contributed by atoms with Gasteiger partial charge in [0.2, 0.25) is 0 Å². The molecule has 0 radical (unpaired) electrons. The van der Waals surface area contributed by atoms with Crippen LogP contribution in [0.4, 0.5) is 5.69 Å². The Kier molecular flexibility index (Phi) is 6.21. The van der Waals surface area contributed by atoms with Gasteiger partial charge in [-0.1, -0.05) is 23.7 Å². The Hall–Kier alpha value is -2.60. The van der Waals surface area contributed by atoms with Crippen LogP contribution in [0.1, 0.15) is 29.7 Å². The average molecular weight is 377 g/mol. The highest BCUT2D eigenvalue weighted by molar-refractivity contribution is 6.30. The average Bonchev–Trinajstić information content (AvgIpc) is 2.59. The third kappa shape index (κ3) is 4.52. The van der Waals surface area contributed by atoms with Crippen LogP contribution in [0.5, 0.6) is 5.75 Å². The van der Waals surface area contributed by atoms with E-state index in [0.29, 0.717) is 16.3 Å². The molecule has 0 aliphatic carbocycles. The first kappa shape index (κ1) is 19.7. The zero-order chi connectivity index (χ0) is 19.4. The highest BCUT2D eigenvalue weighted by atomic mass is 35.5. The minimum atomic E-state index is -0.451. The number of amides is 1. The van der Waals surface area contributed by atoms with Gasteiger partial charge in [-0.05, 0) is 49.6 Å². The molecule has 138 valence electrons. The molecular weight excluding hydrogens is 356 g/mol. The highest BCUT2D eigenvalue weighted by Gasteiger charge is 2.20. The Labute approximate surface area is 157 Å². The molecule has 2 rings (SSSR count). The van der Waals surface area contributed by atoms with E-state index in [1.54, 1.807) is 31.3 Å². The zero-order valence-electron chi connectivity index (χ0n) is 15.2. The first-order valence-electron chi connectivity index (χ1n) is 8.10. The number of halogens is 1. The van der Waals surface area contributed by atoms with Crippen LogP contribution in [0, 0.1) is 24.0 Å². The van der Waals surface area contributed by atoms with Gasteiger partial charge in [-0.25, -0.2) is 0 Å². The van der Waals surface area contributed by atoms with E-state index in [-0.39, 0.29) is 24.2 Å². The Morgan fingerprint density at radius 2 is 1.88 bits per heavy atom. The summed E-state index contributed by atoms with van der Waals surface area (Å²) < 4.78 is 5.70. The SMILES string of the molecule is Cc1cc(Cl)cc(C)c1OCC(=O)N(C)[C@H](C)c1cccc([N+](=O)[O-])c1. The van der Waals surface area contributed by atoms with Crippen LogP contribution in [0.3, 0.4) is 0 Å². The van der Waals surface area contributed by atoms with Crippen LogP contribution in [0.2, 0.25) is 5.02 Å². The van der Waals surface area contributed by atoms with Crippen LogP contribution in [0.25, 0.3) is 0 Å². The number of nitrogens with zero attached hydrogens (tertiary/aromatic N) is 2. The minimum Gasteiger partial charge on any atom is -0.483 e. The van der Waals surface area contributed by atoms with Crippen molar-refractivity contribution < 1.29 is 14.5 Å². The molecule has 0 unspecified atom stereocenters. The fraction of sp³-hybridized carbons (Fsp3) is 0.316. The molecule has 0 N–H and O–H groups in total. The van der Waals surface area contributed by atoms with Crippen molar-refractivity contribution in [3.8, 4) is 5.75 Å². The predicted octanol–water partition coefficient (Wildman–Crippen LogP) is 4.46. The number of hydrogen-bond acceptors (Lipinski definition) is 4. The molecule has 0 fully saturated rings. The Morgan fingerprint density at radius 3 is 2.46 bits per heavy atom. The van der Waals surface area contributed by atoms with Crippen LogP contribution in [0.15, 0.2) is 36.4 Å². The summed E-state index contributed by atoms with van der Waals surface area (Å²) in [5.74, 6) is 0.414. The molecule has 0 aliphatic rings. The summed E-state index contributed by atoms with van der Waals surface area (Å²) in [5.41, 5.74) is 2.40. The summed E-state index contributed by atoms with van der Waals surface area (Å²) in [6, 6.07) is 9.51. The Morgan fingerprint density at radius 1 is 1.27 bits per heavy atom. The minimum absolute atomic E-state index is 0.00105. The molecule has 6 nitrogen and oxygen atoms in total. The largest absolute Gasteiger partial charge is 0.483 e. The number of aryl methyl sites for hydroxylation is 2. The number of benzene rings is 2. The second-order valence-corrected chi connectivity index (χ2v) is 6.63. The number of likely N-dealkylation sites (N-methyl/N-ethyl adjacent to an activating group) is 1. The van der Waals surface area contributed by atoms with Gasteiger partial charge in [0.15, 0.2) is 6.61 Å². The number of rotatable bonds is 6. The maximum absolute atomic E-state index is 12.5. The van der Waals surface area contributed by atoms with E-state index in [9.17, 15) is 14.9 Å². The third-order valence-corrected chi connectivity index (χ3v) is 4.52. The molecule has 0 heterocycles. The molecule has 0 bridgehead atoms. The Bertz CT molecular complexity index is 815. The van der Waals surface area contributed by atoms with Crippen molar-refractivity contribution in [1.29, 1.82) is 0 Å². The summed E-state index contributed by atoms with van der Waals surface area (Å²) in [5, 5.41) is 11.5. The lowest BCUT2D eigenvalue weighted by molar-refractivity contribution is -0.384. The van der Waals surface area contributed by atoms with Gasteiger partial charge in [0.25, 0.3) is 11.6 Å². The molecular formula is C19H21ClN2O4. The lowest BCUT2D eigenvalue weighted by Crippen LogP contribution is -2.33. The number of carbonyl (C=O) groups excluding carboxylic acids is 1. The van der Waals surface area contributed by atoms with Crippen molar-refractivity contribution >= 4 is 23.2 Å². The molecule has 26 heavy (non-hydrogen) atoms. The molecule has 2 aromatic carbocycles. The van der Waals surface area contributed by atoms with E-state index >= 15 is 0 Å². The summed E-state index contributed by atoms with van der Waals surface area (Å²) in [4.78, 5) is 24.5. The van der Waals surface area contributed by atoms with Crippen molar-refractivity contribution in [3.63, 3.8) is 0 Å². The number of carbonyl (C=O) groups is 1. The topological polar surface area (TPSA) is 72.7 Å². The quantitative estimate of drug-likeness (QED) is 0.551. The van der Waals surface area contributed by atoms with E-state index in [1.165, 1.54) is 17.0 Å². The summed E-state index contributed by atoms with van der Waals surface area (Å²) in [6.45, 7) is 5.43. The number of nitro groups is 1. The Balaban J connectivity index is 2.08. The van der Waals surface area contributed by atoms with Gasteiger partial charge < -0.3 is 9.64 Å². The zero-order valence-corrected chi connectivity index (χ0v) is 15.9. The monoisotopic (exact) mass is 376 g/mol. The molecule has 1 amide bonds. The lowest BCUT2D eigenvalue weighted by atomic mass is 10.1. The number of nitro benzene ring substituents is 1. The second kappa shape index (κ2) is 8.19. The van der Waals surface area contributed by atoms with Gasteiger partial charge in [-0.3, -0.25) is 14.9 Å². The number of non-ortho nitro benzene ring substituents is 1. The molecule has 0 saturated carbocycles. The first-order valence-corrected chi connectivity index (χ1v) is 8.48. The first-order chi connectivity index (χ1) is 12.2. The van der Waals surface area contributed by atoms with E-state index < -0.39 is 4.92 Å². The normalized spacial score (nSPS) is 11.7. The van der Waals surface area contributed by atoms with Crippen LogP contribution >= 0.6 is 11.6 Å². The molecule has 0 spiro atoms. The van der Waals surface area contributed by atoms with Crippen LogP contribution in [-0.2, 0) is 4.79 Å². The van der Waals surface area contributed by atoms with Gasteiger partial charge in [0, 0.05) is 24.2 Å². The molecule has 1 atom stereocenters. The molecule has 2 aromatic rings. The summed E-state index contributed by atoms with van der Waals surface area (Å²) >= 11 is 6.00. The van der Waals surface area contributed by atoms with Crippen molar-refractivity contribution in [1.82, 2.24) is 4.90 Å². The van der Waals surface area contributed by atoms with Gasteiger partial charge in [0.05, 0.1) is 11.0 Å². The highest BCUT2D eigenvalue weighted by Crippen LogP contribution is 2.27. The van der Waals surface area contributed by atoms with Gasteiger partial charge in [-0.15, -0.1) is 0 Å². The fourth-order valence-corrected chi connectivity index (χ4v) is 3.03. The van der Waals surface area contributed by atoms with Crippen molar-refractivity contribution in [2.24, 2.45) is 0 Å². The van der Waals surface area contributed by atoms with Gasteiger partial charge in [0.1, 0.15) is 5.75 Å². The maximum atomic E-state index is 12.5. The van der Waals surface area contributed by atoms with Crippen molar-refractivity contribution in [2.45, 2.75) is 26.8 Å². The third-order valence-electron chi connectivity index (χ3n) is 4.30. The maximum Gasteiger partial charge on any atom is 0.269 e. The van der Waals surface area contributed by atoms with E-state index in [4.69, 9.17) is 16.3 Å². The molecule has 0 aromatic heterocycles. The van der Waals surface area contributed by atoms with Crippen molar-refractivity contribution in [2.75, 3.05) is 13.7 Å². The standard InChI is InChI=1S/C19H21ClN2O4/c1-12-8-16(20)9-13(2)19(12)26-11-18(23)21(4)14(3)15-6-5-7-17(10-15)22(24)25/h5-10,14H,11H2,1-4H3/t14-/m1/s1. The summed E-state index contributed by atoms with van der Waals surface area (Å²) in [6.07, 6.45) is 0. The van der Waals surface area contributed by atoms with E-state index in [1.807, 2.05) is 20.8 Å². The predicted molar refractivity (Wildman–Crippen MR) is 101 cm³/mol. The fourth-order valence-electron chi connectivity index (χ4n) is 2.70. The lowest BCUT2D eigenvalue weighted by Gasteiger charge is -2.25. The molecule has 7 heteroatoms. The van der Waals surface area contributed by atoms with Gasteiger partial charge in [-0.2, -0.15) is 0 Å². The van der Waals surface area contributed by atoms with E-state index in [2.05, 4.69) is 0 Å².